The zero-order chi connectivity index (χ0) is 13.9. The van der Waals surface area contributed by atoms with Gasteiger partial charge < -0.3 is 4.90 Å². The van der Waals surface area contributed by atoms with Gasteiger partial charge in [0.05, 0.1) is 0 Å². The van der Waals surface area contributed by atoms with E-state index in [1.807, 2.05) is 0 Å². The maximum Gasteiger partial charge on any atom is 0.225 e. The second-order valence-corrected chi connectivity index (χ2v) is 6.16. The van der Waals surface area contributed by atoms with E-state index < -0.39 is 0 Å². The largest absolute Gasteiger partial charge is 0.341 e. The molecule has 3 heteroatoms. The first-order chi connectivity index (χ1) is 9.74. The summed E-state index contributed by atoms with van der Waals surface area (Å²) in [6, 6.07) is 8.60. The van der Waals surface area contributed by atoms with Crippen LogP contribution in [0, 0.1) is 12.8 Å². The van der Waals surface area contributed by atoms with Gasteiger partial charge >= 0.3 is 0 Å². The van der Waals surface area contributed by atoms with E-state index >= 15 is 0 Å². The Labute approximate surface area is 121 Å². The molecule has 2 fully saturated rings. The molecule has 1 aliphatic carbocycles. The fourth-order valence-electron chi connectivity index (χ4n) is 2.97. The fourth-order valence-corrected chi connectivity index (χ4v) is 2.97. The van der Waals surface area contributed by atoms with E-state index in [-0.39, 0.29) is 0 Å². The number of amides is 1. The molecule has 1 heterocycles. The Kier molecular flexibility index (Phi) is 4.06. The average Bonchev–Trinajstić information content (AvgIpc) is 3.27. The number of benzene rings is 1. The molecule has 2 aliphatic rings. The van der Waals surface area contributed by atoms with Gasteiger partial charge in [0, 0.05) is 38.6 Å². The third-order valence-electron chi connectivity index (χ3n) is 4.48. The third kappa shape index (κ3) is 3.21. The highest BCUT2D eigenvalue weighted by molar-refractivity contribution is 5.81. The summed E-state index contributed by atoms with van der Waals surface area (Å²) in [5, 5.41) is 0. The highest BCUT2D eigenvalue weighted by Gasteiger charge is 2.33. The summed E-state index contributed by atoms with van der Waals surface area (Å²) in [6.45, 7) is 7.14. The standard InChI is InChI=1S/C17H24N2O/c1-14-5-2-3-6-16(14)13-18-9-4-10-19(12-11-18)17(20)15-7-8-15/h2-3,5-6,15H,4,7-13H2,1H3. The van der Waals surface area contributed by atoms with Crippen molar-refractivity contribution in [2.24, 2.45) is 5.92 Å². The van der Waals surface area contributed by atoms with Crippen molar-refractivity contribution in [2.45, 2.75) is 32.7 Å². The molecule has 0 bridgehead atoms. The summed E-state index contributed by atoms with van der Waals surface area (Å²) in [7, 11) is 0. The zero-order valence-corrected chi connectivity index (χ0v) is 12.3. The van der Waals surface area contributed by atoms with Gasteiger partial charge in [-0.05, 0) is 37.3 Å². The van der Waals surface area contributed by atoms with Crippen molar-refractivity contribution in [2.75, 3.05) is 26.2 Å². The molecule has 0 atom stereocenters. The minimum Gasteiger partial charge on any atom is -0.341 e. The molecule has 3 rings (SSSR count). The SMILES string of the molecule is Cc1ccccc1CN1CCCN(C(=O)C2CC2)CC1. The summed E-state index contributed by atoms with van der Waals surface area (Å²) in [5.41, 5.74) is 2.78. The molecule has 1 saturated carbocycles. The predicted octanol–water partition coefficient (Wildman–Crippen LogP) is 2.44. The van der Waals surface area contributed by atoms with E-state index in [9.17, 15) is 4.79 Å². The highest BCUT2D eigenvalue weighted by Crippen LogP contribution is 2.31. The first kappa shape index (κ1) is 13.6. The zero-order valence-electron chi connectivity index (χ0n) is 12.3. The first-order valence-corrected chi connectivity index (χ1v) is 7.79. The molecule has 3 nitrogen and oxygen atoms in total. The number of hydrogen-bond donors (Lipinski definition) is 0. The lowest BCUT2D eigenvalue weighted by molar-refractivity contribution is -0.132. The van der Waals surface area contributed by atoms with Gasteiger partial charge in [-0.1, -0.05) is 24.3 Å². The smallest absolute Gasteiger partial charge is 0.225 e. The maximum atomic E-state index is 12.1. The van der Waals surface area contributed by atoms with Crippen LogP contribution in [0.25, 0.3) is 0 Å². The van der Waals surface area contributed by atoms with Crippen molar-refractivity contribution in [1.29, 1.82) is 0 Å². The maximum absolute atomic E-state index is 12.1. The van der Waals surface area contributed by atoms with E-state index in [0.29, 0.717) is 11.8 Å². The van der Waals surface area contributed by atoms with Crippen LogP contribution in [-0.2, 0) is 11.3 Å². The van der Waals surface area contributed by atoms with Gasteiger partial charge in [0.1, 0.15) is 0 Å². The molecule has 1 aliphatic heterocycles. The third-order valence-corrected chi connectivity index (χ3v) is 4.48. The molecule has 0 aromatic heterocycles. The Bertz CT molecular complexity index is 482. The molecule has 1 aromatic rings. The number of carbonyl (C=O) groups is 1. The molecule has 1 saturated heterocycles. The fraction of sp³-hybridized carbons (Fsp3) is 0.588. The lowest BCUT2D eigenvalue weighted by atomic mass is 10.1. The quantitative estimate of drug-likeness (QED) is 0.844. The van der Waals surface area contributed by atoms with E-state index in [2.05, 4.69) is 41.0 Å². The number of aryl methyl sites for hydroxylation is 1. The van der Waals surface area contributed by atoms with Gasteiger partial charge in [-0.3, -0.25) is 9.69 Å². The van der Waals surface area contributed by atoms with Crippen LogP contribution in [-0.4, -0.2) is 41.9 Å². The van der Waals surface area contributed by atoms with Crippen molar-refractivity contribution >= 4 is 5.91 Å². The van der Waals surface area contributed by atoms with Crippen LogP contribution >= 0.6 is 0 Å². The molecule has 0 unspecified atom stereocenters. The van der Waals surface area contributed by atoms with E-state index in [1.54, 1.807) is 0 Å². The van der Waals surface area contributed by atoms with Gasteiger partial charge in [-0.15, -0.1) is 0 Å². The molecule has 108 valence electrons. The van der Waals surface area contributed by atoms with E-state index in [4.69, 9.17) is 0 Å². The van der Waals surface area contributed by atoms with Crippen LogP contribution in [0.3, 0.4) is 0 Å². The number of nitrogens with zero attached hydrogens (tertiary/aromatic N) is 2. The molecule has 0 radical (unpaired) electrons. The van der Waals surface area contributed by atoms with Gasteiger partial charge in [0.25, 0.3) is 0 Å². The average molecular weight is 272 g/mol. The van der Waals surface area contributed by atoms with Gasteiger partial charge in [0.15, 0.2) is 0 Å². The number of rotatable bonds is 3. The minimum absolute atomic E-state index is 0.359. The second-order valence-electron chi connectivity index (χ2n) is 6.16. The summed E-state index contributed by atoms with van der Waals surface area (Å²) in [5.74, 6) is 0.764. The molecular formula is C17H24N2O. The normalized spacial score (nSPS) is 20.8. The summed E-state index contributed by atoms with van der Waals surface area (Å²) in [6.07, 6.45) is 3.33. The number of carbonyl (C=O) groups excluding carboxylic acids is 1. The van der Waals surface area contributed by atoms with Crippen LogP contribution in [0.15, 0.2) is 24.3 Å². The lowest BCUT2D eigenvalue weighted by Crippen LogP contribution is -2.36. The van der Waals surface area contributed by atoms with Crippen molar-refractivity contribution < 1.29 is 4.79 Å². The molecule has 0 N–H and O–H groups in total. The van der Waals surface area contributed by atoms with Crippen LogP contribution < -0.4 is 0 Å². The van der Waals surface area contributed by atoms with E-state index in [1.165, 1.54) is 11.1 Å². The number of hydrogen-bond acceptors (Lipinski definition) is 2. The molecule has 1 amide bonds. The van der Waals surface area contributed by atoms with Gasteiger partial charge in [-0.25, -0.2) is 0 Å². The lowest BCUT2D eigenvalue weighted by Gasteiger charge is -2.22. The second kappa shape index (κ2) is 5.96. The Balaban J connectivity index is 1.57. The van der Waals surface area contributed by atoms with Gasteiger partial charge in [0.2, 0.25) is 5.91 Å². The molecule has 0 spiro atoms. The van der Waals surface area contributed by atoms with Crippen molar-refractivity contribution in [3.8, 4) is 0 Å². The Morgan fingerprint density at radius 2 is 1.95 bits per heavy atom. The van der Waals surface area contributed by atoms with Gasteiger partial charge in [-0.2, -0.15) is 0 Å². The Morgan fingerprint density at radius 3 is 2.70 bits per heavy atom. The van der Waals surface area contributed by atoms with E-state index in [0.717, 1.165) is 52.0 Å². The first-order valence-electron chi connectivity index (χ1n) is 7.79. The topological polar surface area (TPSA) is 23.6 Å². The Morgan fingerprint density at radius 1 is 1.15 bits per heavy atom. The van der Waals surface area contributed by atoms with Crippen molar-refractivity contribution in [3.63, 3.8) is 0 Å². The minimum atomic E-state index is 0.359. The van der Waals surface area contributed by atoms with Crippen LogP contribution in [0.1, 0.15) is 30.4 Å². The van der Waals surface area contributed by atoms with Crippen LogP contribution in [0.4, 0.5) is 0 Å². The molecule has 1 aromatic carbocycles. The predicted molar refractivity (Wildman–Crippen MR) is 80.4 cm³/mol. The molecular weight excluding hydrogens is 248 g/mol. The molecule has 20 heavy (non-hydrogen) atoms. The summed E-state index contributed by atoms with van der Waals surface area (Å²) >= 11 is 0. The van der Waals surface area contributed by atoms with Crippen molar-refractivity contribution in [3.05, 3.63) is 35.4 Å². The van der Waals surface area contributed by atoms with Crippen LogP contribution in [0.2, 0.25) is 0 Å². The summed E-state index contributed by atoms with van der Waals surface area (Å²) < 4.78 is 0. The van der Waals surface area contributed by atoms with Crippen molar-refractivity contribution in [1.82, 2.24) is 9.80 Å². The highest BCUT2D eigenvalue weighted by atomic mass is 16.2. The monoisotopic (exact) mass is 272 g/mol. The Hall–Kier alpha value is -1.35. The summed E-state index contributed by atoms with van der Waals surface area (Å²) in [4.78, 5) is 16.7. The van der Waals surface area contributed by atoms with Crippen LogP contribution in [0.5, 0.6) is 0 Å².